The van der Waals surface area contributed by atoms with E-state index in [2.05, 4.69) is 146 Å². The molecule has 0 radical (unpaired) electrons. The fourth-order valence-electron chi connectivity index (χ4n) is 7.45. The molecule has 0 amide bonds. The molecule has 10 rings (SSSR count). The van der Waals surface area contributed by atoms with Gasteiger partial charge in [0.1, 0.15) is 11.2 Å². The summed E-state index contributed by atoms with van der Waals surface area (Å²) in [5.41, 5.74) is 11.2. The molecule has 0 atom stereocenters. The van der Waals surface area contributed by atoms with Crippen molar-refractivity contribution >= 4 is 43.5 Å². The van der Waals surface area contributed by atoms with Crippen molar-refractivity contribution in [3.05, 3.63) is 182 Å². The Hall–Kier alpha value is -6.84. The van der Waals surface area contributed by atoms with Gasteiger partial charge in [0.15, 0.2) is 5.82 Å². The highest BCUT2D eigenvalue weighted by Crippen LogP contribution is 2.44. The number of para-hydroxylation sites is 1. The molecule has 2 heterocycles. The number of hydrogen-bond donors (Lipinski definition) is 0. The predicted molar refractivity (Wildman–Crippen MR) is 212 cm³/mol. The van der Waals surface area contributed by atoms with Crippen LogP contribution in [0.2, 0.25) is 0 Å². The van der Waals surface area contributed by atoms with Gasteiger partial charge in [-0.1, -0.05) is 164 Å². The Morgan fingerprint density at radius 1 is 0.314 bits per heavy atom. The molecular formula is C48H30N2O. The third kappa shape index (κ3) is 4.98. The minimum absolute atomic E-state index is 0.705. The largest absolute Gasteiger partial charge is 0.455 e. The monoisotopic (exact) mass is 650 g/mol. The van der Waals surface area contributed by atoms with Crippen LogP contribution in [-0.4, -0.2) is 9.97 Å². The summed E-state index contributed by atoms with van der Waals surface area (Å²) in [5.74, 6) is 0.705. The normalized spacial score (nSPS) is 11.5. The Morgan fingerprint density at radius 3 is 1.69 bits per heavy atom. The second-order valence-electron chi connectivity index (χ2n) is 12.9. The van der Waals surface area contributed by atoms with E-state index in [4.69, 9.17) is 14.4 Å². The van der Waals surface area contributed by atoms with Gasteiger partial charge in [0.2, 0.25) is 0 Å². The minimum Gasteiger partial charge on any atom is -0.455 e. The molecule has 10 aromatic rings. The SMILES string of the molecule is c1ccc(-c2cc(-c3cccc(-c4cc5c6cccc(-c7cccc8ccccc78)c6oc5c5ccccc45)c3)nc(-c3ccccc3)n2)cc1. The fraction of sp³-hybridized carbons (Fsp3) is 0. The fourth-order valence-corrected chi connectivity index (χ4v) is 7.45. The summed E-state index contributed by atoms with van der Waals surface area (Å²) in [6, 6.07) is 63.7. The lowest BCUT2D eigenvalue weighted by Gasteiger charge is -2.12. The molecule has 0 aliphatic heterocycles. The summed E-state index contributed by atoms with van der Waals surface area (Å²) in [5, 5.41) is 6.87. The van der Waals surface area contributed by atoms with Crippen LogP contribution in [0.15, 0.2) is 186 Å². The first-order valence-electron chi connectivity index (χ1n) is 17.2. The van der Waals surface area contributed by atoms with E-state index in [1.807, 2.05) is 36.4 Å². The number of aromatic nitrogens is 2. The Bertz CT molecular complexity index is 2850. The molecule has 0 saturated carbocycles. The minimum atomic E-state index is 0.705. The predicted octanol–water partition coefficient (Wildman–Crippen LogP) is 13.0. The van der Waals surface area contributed by atoms with Gasteiger partial charge in [-0.25, -0.2) is 9.97 Å². The molecule has 0 aliphatic carbocycles. The second kappa shape index (κ2) is 11.9. The van der Waals surface area contributed by atoms with Gasteiger partial charge in [0.25, 0.3) is 0 Å². The number of fused-ring (bicyclic) bond motifs is 6. The van der Waals surface area contributed by atoms with Crippen molar-refractivity contribution in [2.45, 2.75) is 0 Å². The molecule has 0 N–H and O–H groups in total. The highest BCUT2D eigenvalue weighted by Gasteiger charge is 2.19. The maximum Gasteiger partial charge on any atom is 0.160 e. The van der Waals surface area contributed by atoms with E-state index < -0.39 is 0 Å². The lowest BCUT2D eigenvalue weighted by Crippen LogP contribution is -1.96. The summed E-state index contributed by atoms with van der Waals surface area (Å²) < 4.78 is 6.88. The number of hydrogen-bond acceptors (Lipinski definition) is 3. The van der Waals surface area contributed by atoms with Crippen molar-refractivity contribution in [2.75, 3.05) is 0 Å². The number of furan rings is 1. The molecule has 51 heavy (non-hydrogen) atoms. The van der Waals surface area contributed by atoms with Crippen molar-refractivity contribution in [3.63, 3.8) is 0 Å². The van der Waals surface area contributed by atoms with E-state index in [1.54, 1.807) is 0 Å². The van der Waals surface area contributed by atoms with Crippen LogP contribution in [0.25, 0.3) is 99.6 Å². The summed E-state index contributed by atoms with van der Waals surface area (Å²) in [6.45, 7) is 0. The van der Waals surface area contributed by atoms with Gasteiger partial charge < -0.3 is 4.42 Å². The Morgan fingerprint density at radius 2 is 0.863 bits per heavy atom. The van der Waals surface area contributed by atoms with Crippen molar-refractivity contribution in [2.24, 2.45) is 0 Å². The highest BCUT2D eigenvalue weighted by molar-refractivity contribution is 6.21. The Labute approximate surface area is 295 Å². The molecule has 0 bridgehead atoms. The highest BCUT2D eigenvalue weighted by atomic mass is 16.3. The van der Waals surface area contributed by atoms with Crippen LogP contribution in [0.4, 0.5) is 0 Å². The van der Waals surface area contributed by atoms with Crippen LogP contribution in [0.5, 0.6) is 0 Å². The van der Waals surface area contributed by atoms with Crippen LogP contribution in [-0.2, 0) is 0 Å². The average Bonchev–Trinajstić information content (AvgIpc) is 3.60. The van der Waals surface area contributed by atoms with E-state index in [0.29, 0.717) is 5.82 Å². The molecule has 0 unspecified atom stereocenters. The van der Waals surface area contributed by atoms with Gasteiger partial charge in [-0.3, -0.25) is 0 Å². The third-order valence-electron chi connectivity index (χ3n) is 9.88. The maximum atomic E-state index is 6.88. The van der Waals surface area contributed by atoms with Crippen LogP contribution in [0.3, 0.4) is 0 Å². The molecule has 3 heteroatoms. The summed E-state index contributed by atoms with van der Waals surface area (Å²) in [4.78, 5) is 10.1. The zero-order valence-electron chi connectivity index (χ0n) is 27.6. The molecule has 3 nitrogen and oxygen atoms in total. The van der Waals surface area contributed by atoms with Gasteiger partial charge in [0.05, 0.1) is 11.4 Å². The Kier molecular flexibility index (Phi) is 6.81. The molecule has 0 aliphatic rings. The van der Waals surface area contributed by atoms with Crippen molar-refractivity contribution in [1.82, 2.24) is 9.97 Å². The van der Waals surface area contributed by atoms with E-state index in [1.165, 1.54) is 16.3 Å². The van der Waals surface area contributed by atoms with Gasteiger partial charge in [-0.15, -0.1) is 0 Å². The third-order valence-corrected chi connectivity index (χ3v) is 9.88. The van der Waals surface area contributed by atoms with Crippen molar-refractivity contribution in [1.29, 1.82) is 0 Å². The van der Waals surface area contributed by atoms with Crippen molar-refractivity contribution in [3.8, 4) is 56.2 Å². The molecule has 238 valence electrons. The van der Waals surface area contributed by atoms with Crippen molar-refractivity contribution < 1.29 is 4.42 Å². The van der Waals surface area contributed by atoms with E-state index >= 15 is 0 Å². The first-order chi connectivity index (χ1) is 25.3. The average molecular weight is 651 g/mol. The molecule has 2 aromatic heterocycles. The molecule has 0 spiro atoms. The Balaban J connectivity index is 1.17. The lowest BCUT2D eigenvalue weighted by molar-refractivity contribution is 0.674. The van der Waals surface area contributed by atoms with E-state index in [0.717, 1.165) is 77.5 Å². The smallest absolute Gasteiger partial charge is 0.160 e. The van der Waals surface area contributed by atoms with Crippen LogP contribution in [0, 0.1) is 0 Å². The number of nitrogens with zero attached hydrogens (tertiary/aromatic N) is 2. The zero-order valence-corrected chi connectivity index (χ0v) is 27.6. The van der Waals surface area contributed by atoms with Gasteiger partial charge in [-0.2, -0.15) is 0 Å². The van der Waals surface area contributed by atoms with Crippen LogP contribution in [0.1, 0.15) is 0 Å². The van der Waals surface area contributed by atoms with Crippen LogP contribution < -0.4 is 0 Å². The summed E-state index contributed by atoms with van der Waals surface area (Å²) >= 11 is 0. The lowest BCUT2D eigenvalue weighted by atomic mass is 9.93. The van der Waals surface area contributed by atoms with Gasteiger partial charge in [-0.05, 0) is 51.0 Å². The topological polar surface area (TPSA) is 38.9 Å². The number of benzene rings is 8. The standard InChI is InChI=1S/C48H30N2O/c1-3-15-32(16-4-1)44-30-45(50-48(49-44)33-17-5-2-6-18-33)35-21-11-20-34(28-35)42-29-43-41-27-13-26-40(37-25-12-19-31-14-7-8-22-36(31)37)46(41)51-47(43)39-24-10-9-23-38(39)42/h1-30H. The maximum absolute atomic E-state index is 6.88. The summed E-state index contributed by atoms with van der Waals surface area (Å²) in [6.07, 6.45) is 0. The quantitative estimate of drug-likeness (QED) is 0.186. The summed E-state index contributed by atoms with van der Waals surface area (Å²) in [7, 11) is 0. The first kappa shape index (κ1) is 29.1. The van der Waals surface area contributed by atoms with E-state index in [-0.39, 0.29) is 0 Å². The zero-order chi connectivity index (χ0) is 33.7. The number of rotatable bonds is 5. The van der Waals surface area contributed by atoms with Gasteiger partial charge >= 0.3 is 0 Å². The molecule has 8 aromatic carbocycles. The molecule has 0 fully saturated rings. The molecular weight excluding hydrogens is 621 g/mol. The molecule has 0 saturated heterocycles. The first-order valence-corrected chi connectivity index (χ1v) is 17.2. The second-order valence-corrected chi connectivity index (χ2v) is 12.9. The van der Waals surface area contributed by atoms with Crippen LogP contribution >= 0.6 is 0 Å². The van der Waals surface area contributed by atoms with E-state index in [9.17, 15) is 0 Å². The van der Waals surface area contributed by atoms with Gasteiger partial charge in [0, 0.05) is 38.4 Å².